The molecule has 0 fully saturated rings. The van der Waals surface area contributed by atoms with Crippen LogP contribution in [0, 0.1) is 25.2 Å². The third kappa shape index (κ3) is 2.37. The summed E-state index contributed by atoms with van der Waals surface area (Å²) in [6.07, 6.45) is -4.60. The van der Waals surface area contributed by atoms with Crippen LogP contribution in [0.4, 0.5) is 13.2 Å². The number of aromatic nitrogens is 2. The molecule has 20 heavy (non-hydrogen) atoms. The zero-order valence-electron chi connectivity index (χ0n) is 10.6. The monoisotopic (exact) mass is 299 g/mol. The Labute approximate surface area is 118 Å². The summed E-state index contributed by atoms with van der Waals surface area (Å²) in [5.74, 6) is 0. The lowest BCUT2D eigenvalue weighted by molar-refractivity contribution is -0.137. The minimum atomic E-state index is -4.60. The molecule has 0 bridgehead atoms. The second-order valence-electron chi connectivity index (χ2n) is 4.24. The summed E-state index contributed by atoms with van der Waals surface area (Å²) in [5, 5.41) is 13.3. The Morgan fingerprint density at radius 2 is 1.95 bits per heavy atom. The predicted octanol–water partition coefficient (Wildman–Crippen LogP) is 4.03. The third-order valence-corrected chi connectivity index (χ3v) is 3.42. The van der Waals surface area contributed by atoms with Gasteiger partial charge in [0.15, 0.2) is 0 Å². The number of nitrogens with zero attached hydrogens (tertiary/aromatic N) is 3. The largest absolute Gasteiger partial charge is 0.417 e. The summed E-state index contributed by atoms with van der Waals surface area (Å²) in [6, 6.07) is 4.97. The van der Waals surface area contributed by atoms with E-state index in [1.807, 2.05) is 0 Å². The van der Waals surface area contributed by atoms with Crippen molar-refractivity contribution in [3.63, 3.8) is 0 Å². The molecule has 0 N–H and O–H groups in total. The number of rotatable bonds is 1. The van der Waals surface area contributed by atoms with Crippen molar-refractivity contribution in [2.75, 3.05) is 0 Å². The molecule has 2 aromatic rings. The molecule has 0 aliphatic carbocycles. The van der Waals surface area contributed by atoms with Gasteiger partial charge in [0.1, 0.15) is 0 Å². The van der Waals surface area contributed by atoms with Crippen molar-refractivity contribution in [3.05, 3.63) is 45.7 Å². The van der Waals surface area contributed by atoms with E-state index < -0.39 is 17.3 Å². The summed E-state index contributed by atoms with van der Waals surface area (Å²) in [5.41, 5.74) is -0.122. The number of hydrogen-bond acceptors (Lipinski definition) is 2. The van der Waals surface area contributed by atoms with Crippen LogP contribution in [-0.2, 0) is 6.18 Å². The van der Waals surface area contributed by atoms with E-state index >= 15 is 0 Å². The number of alkyl halides is 3. The highest BCUT2D eigenvalue weighted by molar-refractivity contribution is 6.31. The SMILES string of the molecule is Cc1nn(-c2ccc(C#N)c(C(F)(F)F)c2)c(C)c1Cl. The van der Waals surface area contributed by atoms with Crippen molar-refractivity contribution in [1.82, 2.24) is 9.78 Å². The lowest BCUT2D eigenvalue weighted by Crippen LogP contribution is -2.10. The standard InChI is InChI=1S/C13H9ClF3N3/c1-7-12(14)8(2)20(19-7)10-4-3-9(6-18)11(5-10)13(15,16)17/h3-5H,1-2H3. The van der Waals surface area contributed by atoms with E-state index in [0.29, 0.717) is 16.4 Å². The minimum absolute atomic E-state index is 0.212. The average Bonchev–Trinajstić information content (AvgIpc) is 2.65. The van der Waals surface area contributed by atoms with Gasteiger partial charge < -0.3 is 0 Å². The van der Waals surface area contributed by atoms with Gasteiger partial charge in [-0.2, -0.15) is 23.5 Å². The Hall–Kier alpha value is -2.00. The van der Waals surface area contributed by atoms with Gasteiger partial charge in [-0.15, -0.1) is 0 Å². The van der Waals surface area contributed by atoms with Crippen LogP contribution in [0.3, 0.4) is 0 Å². The first kappa shape index (κ1) is 14.4. The van der Waals surface area contributed by atoms with Crippen LogP contribution in [0.5, 0.6) is 0 Å². The number of halogens is 4. The van der Waals surface area contributed by atoms with E-state index in [4.69, 9.17) is 16.9 Å². The molecule has 2 rings (SSSR count). The molecule has 7 heteroatoms. The molecule has 0 saturated heterocycles. The van der Waals surface area contributed by atoms with E-state index in [-0.39, 0.29) is 5.69 Å². The van der Waals surface area contributed by atoms with Gasteiger partial charge in [0.25, 0.3) is 0 Å². The Balaban J connectivity index is 2.66. The van der Waals surface area contributed by atoms with Crippen LogP contribution in [-0.4, -0.2) is 9.78 Å². The first-order valence-corrected chi connectivity index (χ1v) is 5.97. The van der Waals surface area contributed by atoms with Crippen LogP contribution in [0.15, 0.2) is 18.2 Å². The van der Waals surface area contributed by atoms with E-state index in [1.54, 1.807) is 13.8 Å². The molecular formula is C13H9ClF3N3. The Kier molecular flexibility index (Phi) is 3.48. The van der Waals surface area contributed by atoms with Crippen molar-refractivity contribution in [1.29, 1.82) is 5.26 Å². The quantitative estimate of drug-likeness (QED) is 0.797. The van der Waals surface area contributed by atoms with Crippen molar-refractivity contribution < 1.29 is 13.2 Å². The number of nitriles is 1. The molecule has 0 aliphatic heterocycles. The fraction of sp³-hybridized carbons (Fsp3) is 0.231. The molecule has 1 aromatic carbocycles. The van der Waals surface area contributed by atoms with Crippen molar-refractivity contribution in [2.45, 2.75) is 20.0 Å². The maximum Gasteiger partial charge on any atom is 0.417 e. The molecule has 3 nitrogen and oxygen atoms in total. The van der Waals surface area contributed by atoms with Crippen LogP contribution >= 0.6 is 11.6 Å². The summed E-state index contributed by atoms with van der Waals surface area (Å²) < 4.78 is 40.1. The summed E-state index contributed by atoms with van der Waals surface area (Å²) in [7, 11) is 0. The molecule has 104 valence electrons. The van der Waals surface area contributed by atoms with E-state index in [2.05, 4.69) is 5.10 Å². The predicted molar refractivity (Wildman–Crippen MR) is 67.8 cm³/mol. The highest BCUT2D eigenvalue weighted by Crippen LogP contribution is 2.33. The number of aryl methyl sites for hydroxylation is 1. The maximum absolute atomic E-state index is 12.9. The molecule has 0 aliphatic rings. The Bertz CT molecular complexity index is 711. The molecule has 0 radical (unpaired) electrons. The highest BCUT2D eigenvalue weighted by Gasteiger charge is 2.34. The van der Waals surface area contributed by atoms with Crippen LogP contribution in [0.25, 0.3) is 5.69 Å². The van der Waals surface area contributed by atoms with Gasteiger partial charge in [-0.1, -0.05) is 11.6 Å². The molecule has 0 amide bonds. The Morgan fingerprint density at radius 1 is 1.30 bits per heavy atom. The first-order chi connectivity index (χ1) is 9.25. The van der Waals surface area contributed by atoms with Gasteiger partial charge in [-0.05, 0) is 32.0 Å². The molecule has 0 saturated carbocycles. The molecule has 0 spiro atoms. The number of hydrogen-bond donors (Lipinski definition) is 0. The second-order valence-corrected chi connectivity index (χ2v) is 4.61. The van der Waals surface area contributed by atoms with Crippen LogP contribution in [0.2, 0.25) is 5.02 Å². The summed E-state index contributed by atoms with van der Waals surface area (Å²) in [4.78, 5) is 0. The lowest BCUT2D eigenvalue weighted by Gasteiger charge is -2.11. The van der Waals surface area contributed by atoms with E-state index in [1.165, 1.54) is 16.8 Å². The number of benzene rings is 1. The third-order valence-electron chi connectivity index (χ3n) is 2.88. The zero-order chi connectivity index (χ0) is 15.1. The van der Waals surface area contributed by atoms with E-state index in [0.717, 1.165) is 12.1 Å². The molecule has 1 heterocycles. The van der Waals surface area contributed by atoms with Crippen molar-refractivity contribution >= 4 is 11.6 Å². The first-order valence-electron chi connectivity index (χ1n) is 5.59. The maximum atomic E-state index is 12.9. The minimum Gasteiger partial charge on any atom is -0.236 e. The van der Waals surface area contributed by atoms with Gasteiger partial charge in [0, 0.05) is 0 Å². The molecule has 1 aromatic heterocycles. The fourth-order valence-electron chi connectivity index (χ4n) is 1.87. The van der Waals surface area contributed by atoms with Gasteiger partial charge in [-0.3, -0.25) is 0 Å². The highest BCUT2D eigenvalue weighted by atomic mass is 35.5. The van der Waals surface area contributed by atoms with Gasteiger partial charge in [0.05, 0.1) is 39.3 Å². The molecule has 0 atom stereocenters. The normalized spacial score (nSPS) is 11.4. The van der Waals surface area contributed by atoms with Crippen molar-refractivity contribution in [2.24, 2.45) is 0 Å². The van der Waals surface area contributed by atoms with Crippen LogP contribution < -0.4 is 0 Å². The van der Waals surface area contributed by atoms with E-state index in [9.17, 15) is 13.2 Å². The van der Waals surface area contributed by atoms with Crippen LogP contribution in [0.1, 0.15) is 22.5 Å². The zero-order valence-corrected chi connectivity index (χ0v) is 11.3. The van der Waals surface area contributed by atoms with Gasteiger partial charge in [0.2, 0.25) is 0 Å². The Morgan fingerprint density at radius 3 is 2.40 bits per heavy atom. The smallest absolute Gasteiger partial charge is 0.236 e. The van der Waals surface area contributed by atoms with Gasteiger partial charge >= 0.3 is 6.18 Å². The fourth-order valence-corrected chi connectivity index (χ4v) is 1.99. The second kappa shape index (κ2) is 4.84. The molecule has 0 unspecified atom stereocenters. The summed E-state index contributed by atoms with van der Waals surface area (Å²) in [6.45, 7) is 3.33. The average molecular weight is 300 g/mol. The van der Waals surface area contributed by atoms with Crippen molar-refractivity contribution in [3.8, 4) is 11.8 Å². The summed E-state index contributed by atoms with van der Waals surface area (Å²) >= 11 is 5.98. The molecular weight excluding hydrogens is 291 g/mol. The van der Waals surface area contributed by atoms with Gasteiger partial charge in [-0.25, -0.2) is 4.68 Å². The topological polar surface area (TPSA) is 41.6 Å². The lowest BCUT2D eigenvalue weighted by atomic mass is 10.1.